The highest BCUT2D eigenvalue weighted by Gasteiger charge is 2.44. The molecule has 2 aliphatic rings. The number of carboxylic acids is 1. The van der Waals surface area contributed by atoms with Gasteiger partial charge in [0.05, 0.1) is 12.5 Å². The lowest BCUT2D eigenvalue weighted by Crippen LogP contribution is -2.64. The van der Waals surface area contributed by atoms with Gasteiger partial charge < -0.3 is 20.5 Å². The molecule has 0 spiro atoms. The highest BCUT2D eigenvalue weighted by Crippen LogP contribution is 2.25. The quantitative estimate of drug-likeness (QED) is 0.331. The summed E-state index contributed by atoms with van der Waals surface area (Å²) in [4.78, 5) is 85.3. The van der Waals surface area contributed by atoms with Crippen molar-refractivity contribution in [3.05, 3.63) is 35.4 Å². The number of carbonyl (C=O) groups is 7. The molecule has 186 valence electrons. The summed E-state index contributed by atoms with van der Waals surface area (Å²) in [7, 11) is 0. The summed E-state index contributed by atoms with van der Waals surface area (Å²) in [5, 5.41) is 16.0. The van der Waals surface area contributed by atoms with Gasteiger partial charge in [-0.05, 0) is 38.3 Å². The summed E-state index contributed by atoms with van der Waals surface area (Å²) < 4.78 is 0. The second-order valence-electron chi connectivity index (χ2n) is 8.41. The lowest BCUT2D eigenvalue weighted by molar-refractivity contribution is -0.176. The Hall–Kier alpha value is -4.09. The van der Waals surface area contributed by atoms with Gasteiger partial charge >= 0.3 is 5.97 Å². The third kappa shape index (κ3) is 5.89. The van der Waals surface area contributed by atoms with Crippen LogP contribution in [0.5, 0.6) is 0 Å². The van der Waals surface area contributed by atoms with Crippen molar-refractivity contribution in [1.29, 1.82) is 0 Å². The zero-order valence-corrected chi connectivity index (χ0v) is 19.1. The average Bonchev–Trinajstić information content (AvgIpc) is 2.95. The number of hydrogen-bond acceptors (Lipinski definition) is 7. The summed E-state index contributed by atoms with van der Waals surface area (Å²) in [5.74, 6) is -3.85. The number of carbonyl (C=O) groups excluding carboxylic acids is 6. The molecule has 3 rings (SSSR count). The van der Waals surface area contributed by atoms with Gasteiger partial charge in [0.2, 0.25) is 11.8 Å². The number of carboxylic acid groups (broad SMARTS) is 1. The van der Waals surface area contributed by atoms with E-state index in [2.05, 4.69) is 10.6 Å². The Labute approximate surface area is 200 Å². The fourth-order valence-corrected chi connectivity index (χ4v) is 4.10. The van der Waals surface area contributed by atoms with E-state index < -0.39 is 54.1 Å². The van der Waals surface area contributed by atoms with Crippen LogP contribution in [0, 0.1) is 0 Å². The number of amides is 4. The molecule has 2 aliphatic heterocycles. The average molecular weight is 486 g/mol. The second-order valence-corrected chi connectivity index (χ2v) is 8.41. The minimum atomic E-state index is -1.29. The lowest BCUT2D eigenvalue weighted by Gasteiger charge is -2.43. The number of fused-ring (bicyclic) bond motifs is 1. The fourth-order valence-electron chi connectivity index (χ4n) is 4.10. The number of nitrogens with one attached hydrogen (secondary N) is 2. The van der Waals surface area contributed by atoms with Crippen LogP contribution in [0.1, 0.15) is 59.7 Å². The number of benzene rings is 1. The molecule has 35 heavy (non-hydrogen) atoms. The number of rotatable bonds is 8. The molecular weight excluding hydrogens is 460 g/mol. The summed E-state index contributed by atoms with van der Waals surface area (Å²) in [5.41, 5.74) is 0.637. The summed E-state index contributed by atoms with van der Waals surface area (Å²) in [6.07, 6.45) is 0.250. The number of nitrogens with zero attached hydrogens (tertiary/aromatic N) is 2. The molecule has 1 aromatic rings. The predicted octanol–water partition coefficient (Wildman–Crippen LogP) is -0.326. The van der Waals surface area contributed by atoms with E-state index in [1.54, 1.807) is 0 Å². The van der Waals surface area contributed by atoms with E-state index in [1.807, 2.05) is 0 Å². The van der Waals surface area contributed by atoms with Crippen LogP contribution >= 0.6 is 0 Å². The summed E-state index contributed by atoms with van der Waals surface area (Å²) in [6.45, 7) is 1.60. The molecule has 3 atom stereocenters. The molecule has 1 aromatic carbocycles. The van der Waals surface area contributed by atoms with E-state index in [4.69, 9.17) is 5.11 Å². The standard InChI is InChI=1S/C23H26N4O8/c1-13(29)14-4-6-15(7-5-14)21(33)25-17-8-9-19(30)26-10-2-3-18(27(26)23(17)35)22(34)24-16(12-28)11-20(31)32/h4-7,12,16-18H,2-3,8-11H2,1H3,(H,24,34)(H,25,33)(H,31,32). The number of Topliss-reactive ketones (excluding diaryl/α,β-unsaturated/α-hetero) is 1. The van der Waals surface area contributed by atoms with Crippen LogP contribution in [-0.2, 0) is 24.0 Å². The van der Waals surface area contributed by atoms with Crippen LogP contribution in [0.3, 0.4) is 0 Å². The molecule has 0 radical (unpaired) electrons. The predicted molar refractivity (Wildman–Crippen MR) is 119 cm³/mol. The van der Waals surface area contributed by atoms with E-state index in [0.29, 0.717) is 18.3 Å². The number of aldehydes is 1. The first-order chi connectivity index (χ1) is 16.6. The van der Waals surface area contributed by atoms with Crippen LogP contribution < -0.4 is 10.6 Å². The van der Waals surface area contributed by atoms with Crippen molar-refractivity contribution in [2.45, 2.75) is 57.2 Å². The number of hydrazine groups is 1. The molecule has 0 bridgehead atoms. The SMILES string of the molecule is CC(=O)c1ccc(C(=O)NC2CCC(=O)N3CCCC(C(=O)NC(C=O)CC(=O)O)N3C2=O)cc1. The Morgan fingerprint density at radius 2 is 1.77 bits per heavy atom. The Bertz CT molecular complexity index is 1050. The zero-order valence-electron chi connectivity index (χ0n) is 19.1. The molecule has 3 N–H and O–H groups in total. The molecule has 12 nitrogen and oxygen atoms in total. The van der Waals surface area contributed by atoms with Gasteiger partial charge in [-0.25, -0.2) is 5.01 Å². The Balaban J connectivity index is 1.80. The molecule has 0 saturated carbocycles. The largest absolute Gasteiger partial charge is 0.481 e. The third-order valence-electron chi connectivity index (χ3n) is 5.91. The first-order valence-corrected chi connectivity index (χ1v) is 11.1. The maximum atomic E-state index is 13.4. The maximum Gasteiger partial charge on any atom is 0.305 e. The molecule has 4 amide bonds. The van der Waals surface area contributed by atoms with Crippen molar-refractivity contribution in [3.63, 3.8) is 0 Å². The molecule has 2 fully saturated rings. The molecule has 12 heteroatoms. The Morgan fingerprint density at radius 3 is 2.37 bits per heavy atom. The van der Waals surface area contributed by atoms with Gasteiger partial charge in [0, 0.05) is 24.1 Å². The fraction of sp³-hybridized carbons (Fsp3) is 0.435. The van der Waals surface area contributed by atoms with Crippen molar-refractivity contribution in [1.82, 2.24) is 20.7 Å². The minimum absolute atomic E-state index is 0.0201. The van der Waals surface area contributed by atoms with E-state index in [1.165, 1.54) is 36.2 Å². The van der Waals surface area contributed by atoms with Crippen molar-refractivity contribution in [2.24, 2.45) is 0 Å². The van der Waals surface area contributed by atoms with Crippen molar-refractivity contribution >= 4 is 41.7 Å². The van der Waals surface area contributed by atoms with Gasteiger partial charge in [-0.1, -0.05) is 12.1 Å². The molecule has 2 saturated heterocycles. The maximum absolute atomic E-state index is 13.4. The molecule has 0 aromatic heterocycles. The van der Waals surface area contributed by atoms with Crippen LogP contribution in [0.15, 0.2) is 24.3 Å². The van der Waals surface area contributed by atoms with E-state index in [-0.39, 0.29) is 37.2 Å². The first kappa shape index (κ1) is 25.5. The van der Waals surface area contributed by atoms with Crippen molar-refractivity contribution in [3.8, 4) is 0 Å². The van der Waals surface area contributed by atoms with Gasteiger partial charge in [-0.15, -0.1) is 0 Å². The lowest BCUT2D eigenvalue weighted by atomic mass is 10.0. The van der Waals surface area contributed by atoms with Crippen LogP contribution in [0.2, 0.25) is 0 Å². The third-order valence-corrected chi connectivity index (χ3v) is 5.91. The Kier molecular flexibility index (Phi) is 7.94. The molecule has 3 unspecified atom stereocenters. The van der Waals surface area contributed by atoms with Crippen LogP contribution in [-0.4, -0.2) is 81.5 Å². The zero-order chi connectivity index (χ0) is 25.7. The smallest absolute Gasteiger partial charge is 0.305 e. The molecular formula is C23H26N4O8. The number of aliphatic carboxylic acids is 1. The van der Waals surface area contributed by atoms with Crippen molar-refractivity contribution in [2.75, 3.05) is 6.54 Å². The van der Waals surface area contributed by atoms with Crippen LogP contribution in [0.25, 0.3) is 0 Å². The monoisotopic (exact) mass is 486 g/mol. The van der Waals surface area contributed by atoms with Crippen molar-refractivity contribution < 1.29 is 38.7 Å². The van der Waals surface area contributed by atoms with Gasteiger partial charge in [-0.3, -0.25) is 33.8 Å². The Morgan fingerprint density at radius 1 is 1.11 bits per heavy atom. The van der Waals surface area contributed by atoms with E-state index in [9.17, 15) is 33.6 Å². The van der Waals surface area contributed by atoms with E-state index in [0.717, 1.165) is 5.01 Å². The minimum Gasteiger partial charge on any atom is -0.481 e. The highest BCUT2D eigenvalue weighted by molar-refractivity contribution is 6.01. The topological polar surface area (TPSA) is 170 Å². The van der Waals surface area contributed by atoms with Gasteiger partial charge in [-0.2, -0.15) is 0 Å². The number of ketones is 1. The number of hydrogen-bond donors (Lipinski definition) is 3. The first-order valence-electron chi connectivity index (χ1n) is 11.1. The molecule has 0 aliphatic carbocycles. The van der Waals surface area contributed by atoms with E-state index >= 15 is 0 Å². The molecule has 2 heterocycles. The normalized spacial score (nSPS) is 20.8. The van der Waals surface area contributed by atoms with Gasteiger partial charge in [0.1, 0.15) is 18.4 Å². The van der Waals surface area contributed by atoms with Gasteiger partial charge in [0.15, 0.2) is 5.78 Å². The highest BCUT2D eigenvalue weighted by atomic mass is 16.4. The summed E-state index contributed by atoms with van der Waals surface area (Å²) in [6, 6.07) is 2.34. The summed E-state index contributed by atoms with van der Waals surface area (Å²) >= 11 is 0. The van der Waals surface area contributed by atoms with Gasteiger partial charge in [0.25, 0.3) is 11.8 Å². The van der Waals surface area contributed by atoms with Crippen LogP contribution in [0.4, 0.5) is 0 Å². The second kappa shape index (κ2) is 10.9.